The molecule has 0 spiro atoms. The summed E-state index contributed by atoms with van der Waals surface area (Å²) in [7, 11) is 0. The number of hydrogen-bond acceptors (Lipinski definition) is 4. The van der Waals surface area contributed by atoms with Crippen LogP contribution in [0.1, 0.15) is 28.0 Å². The van der Waals surface area contributed by atoms with Crippen molar-refractivity contribution in [2.45, 2.75) is 25.9 Å². The van der Waals surface area contributed by atoms with E-state index in [9.17, 15) is 19.6 Å². The highest BCUT2D eigenvalue weighted by molar-refractivity contribution is 6.13. The number of carbonyl (C=O) groups is 1. The summed E-state index contributed by atoms with van der Waals surface area (Å²) in [4.78, 5) is 42.6. The van der Waals surface area contributed by atoms with Crippen LogP contribution in [-0.2, 0) is 19.5 Å². The highest BCUT2D eigenvalue weighted by Crippen LogP contribution is 2.30. The molecule has 1 aliphatic rings. The number of para-hydroxylation sites is 1. The fourth-order valence-corrected chi connectivity index (χ4v) is 4.36. The molecule has 0 unspecified atom stereocenters. The van der Waals surface area contributed by atoms with Crippen LogP contribution >= 0.6 is 0 Å². The molecule has 0 atom stereocenters. The number of nitrogens with one attached hydrogen (secondary N) is 1. The number of nitriles is 1. The molecule has 0 amide bonds. The fourth-order valence-electron chi connectivity index (χ4n) is 4.36. The Kier molecular flexibility index (Phi) is 4.41. The number of benzene rings is 2. The minimum atomic E-state index is -0.699. The first-order valence-corrected chi connectivity index (χ1v) is 10.1. The second-order valence-electron chi connectivity index (χ2n) is 7.57. The van der Waals surface area contributed by atoms with Gasteiger partial charge in [-0.3, -0.25) is 18.7 Å². The van der Waals surface area contributed by atoms with E-state index in [0.29, 0.717) is 36.3 Å². The van der Waals surface area contributed by atoms with Gasteiger partial charge in [-0.25, -0.2) is 4.79 Å². The molecule has 7 heteroatoms. The second kappa shape index (κ2) is 7.26. The Morgan fingerprint density at radius 2 is 1.81 bits per heavy atom. The number of nitrogens with zero attached hydrogens (tertiary/aromatic N) is 3. The van der Waals surface area contributed by atoms with Crippen molar-refractivity contribution in [1.29, 1.82) is 5.26 Å². The molecule has 152 valence electrons. The van der Waals surface area contributed by atoms with Crippen molar-refractivity contribution in [3.05, 3.63) is 92.3 Å². The van der Waals surface area contributed by atoms with Crippen molar-refractivity contribution in [3.63, 3.8) is 0 Å². The third-order valence-corrected chi connectivity index (χ3v) is 5.79. The molecule has 1 aliphatic heterocycles. The van der Waals surface area contributed by atoms with Crippen molar-refractivity contribution in [3.8, 4) is 17.3 Å². The summed E-state index contributed by atoms with van der Waals surface area (Å²) in [6.07, 6.45) is 1.21. The van der Waals surface area contributed by atoms with Gasteiger partial charge >= 0.3 is 5.69 Å². The molecule has 31 heavy (non-hydrogen) atoms. The number of aromatic nitrogens is 3. The zero-order valence-electron chi connectivity index (χ0n) is 16.6. The van der Waals surface area contributed by atoms with Gasteiger partial charge < -0.3 is 4.98 Å². The Balaban J connectivity index is 1.68. The van der Waals surface area contributed by atoms with E-state index >= 15 is 0 Å². The quantitative estimate of drug-likeness (QED) is 0.523. The van der Waals surface area contributed by atoms with Crippen LogP contribution in [0.5, 0.6) is 0 Å². The van der Waals surface area contributed by atoms with Gasteiger partial charge in [0, 0.05) is 23.1 Å². The van der Waals surface area contributed by atoms with E-state index in [1.54, 1.807) is 0 Å². The summed E-state index contributed by atoms with van der Waals surface area (Å²) in [5.74, 6) is -0.363. The summed E-state index contributed by atoms with van der Waals surface area (Å²) in [6.45, 7) is 0.0218. The SMILES string of the molecule is N#Cc1c2n(c(=O)n(CC(=O)c3c(-c4ccccc4)[nH]c4ccccc34)c1=O)CCC2. The van der Waals surface area contributed by atoms with Gasteiger partial charge in [0.15, 0.2) is 5.78 Å². The standard InChI is InChI=1S/C24H18N4O3/c25-13-17-19-11-6-12-27(19)24(31)28(23(17)30)14-20(29)21-16-9-4-5-10-18(16)26-22(21)15-7-2-1-3-8-15/h1-5,7-10,26H,6,11-12,14H2. The molecule has 7 nitrogen and oxygen atoms in total. The molecule has 0 saturated heterocycles. The van der Waals surface area contributed by atoms with E-state index in [1.165, 1.54) is 4.57 Å². The minimum Gasteiger partial charge on any atom is -0.354 e. The normalized spacial score (nSPS) is 12.6. The van der Waals surface area contributed by atoms with Crippen LogP contribution < -0.4 is 11.2 Å². The molecular formula is C24H18N4O3. The molecule has 0 radical (unpaired) electrons. The monoisotopic (exact) mass is 410 g/mol. The summed E-state index contributed by atoms with van der Waals surface area (Å²) < 4.78 is 2.34. The number of rotatable bonds is 4. The average Bonchev–Trinajstić information content (AvgIpc) is 3.43. The Bertz CT molecular complexity index is 1500. The number of hydrogen-bond donors (Lipinski definition) is 1. The summed E-state index contributed by atoms with van der Waals surface area (Å²) in [6, 6.07) is 18.8. The summed E-state index contributed by atoms with van der Waals surface area (Å²) in [5.41, 5.74) is 1.88. The summed E-state index contributed by atoms with van der Waals surface area (Å²) >= 11 is 0. The highest BCUT2D eigenvalue weighted by atomic mass is 16.2. The van der Waals surface area contributed by atoms with E-state index in [-0.39, 0.29) is 11.3 Å². The Morgan fingerprint density at radius 3 is 2.58 bits per heavy atom. The lowest BCUT2D eigenvalue weighted by molar-refractivity contribution is 0.0970. The maximum absolute atomic E-state index is 13.5. The molecule has 0 saturated carbocycles. The molecule has 0 aliphatic carbocycles. The zero-order valence-corrected chi connectivity index (χ0v) is 16.6. The third-order valence-electron chi connectivity index (χ3n) is 5.79. The van der Waals surface area contributed by atoms with Crippen molar-refractivity contribution in [2.75, 3.05) is 0 Å². The van der Waals surface area contributed by atoms with Crippen molar-refractivity contribution in [1.82, 2.24) is 14.1 Å². The molecule has 5 rings (SSSR count). The Morgan fingerprint density at radius 1 is 1.06 bits per heavy atom. The van der Waals surface area contributed by atoms with Gasteiger partial charge in [0.1, 0.15) is 11.6 Å². The van der Waals surface area contributed by atoms with Crippen LogP contribution in [0.4, 0.5) is 0 Å². The Labute approximate surface area is 176 Å². The number of fused-ring (bicyclic) bond motifs is 2. The zero-order chi connectivity index (χ0) is 21.5. The molecule has 3 heterocycles. The number of Topliss-reactive ketones (excluding diaryl/α,β-unsaturated/α-hetero) is 1. The molecule has 1 N–H and O–H groups in total. The van der Waals surface area contributed by atoms with Gasteiger partial charge in [-0.05, 0) is 24.5 Å². The summed E-state index contributed by atoms with van der Waals surface area (Å²) in [5, 5.41) is 10.2. The topological polar surface area (TPSA) is 101 Å². The lowest BCUT2D eigenvalue weighted by Crippen LogP contribution is -2.43. The second-order valence-corrected chi connectivity index (χ2v) is 7.57. The molecule has 4 aromatic rings. The van der Waals surface area contributed by atoms with Gasteiger partial charge in [-0.15, -0.1) is 0 Å². The van der Waals surface area contributed by atoms with Gasteiger partial charge in [0.05, 0.1) is 17.8 Å². The van der Waals surface area contributed by atoms with Crippen LogP contribution in [0, 0.1) is 11.3 Å². The van der Waals surface area contributed by atoms with E-state index in [2.05, 4.69) is 4.98 Å². The van der Waals surface area contributed by atoms with Crippen LogP contribution in [0.3, 0.4) is 0 Å². The van der Waals surface area contributed by atoms with Crippen LogP contribution in [0.15, 0.2) is 64.2 Å². The van der Waals surface area contributed by atoms with E-state index in [1.807, 2.05) is 60.7 Å². The van der Waals surface area contributed by atoms with Crippen LogP contribution in [-0.4, -0.2) is 19.9 Å². The number of ketones is 1. The largest absolute Gasteiger partial charge is 0.354 e. The molecule has 2 aromatic carbocycles. The first-order chi connectivity index (χ1) is 15.1. The van der Waals surface area contributed by atoms with Crippen LogP contribution in [0.2, 0.25) is 0 Å². The maximum Gasteiger partial charge on any atom is 0.331 e. The first kappa shape index (κ1) is 18.8. The fraction of sp³-hybridized carbons (Fsp3) is 0.167. The highest BCUT2D eigenvalue weighted by Gasteiger charge is 2.26. The molecule has 0 bridgehead atoms. The molecule has 0 fully saturated rings. The van der Waals surface area contributed by atoms with Crippen molar-refractivity contribution >= 4 is 16.7 Å². The predicted octanol–water partition coefficient (Wildman–Crippen LogP) is 2.86. The average molecular weight is 410 g/mol. The lowest BCUT2D eigenvalue weighted by atomic mass is 10.0. The molecule has 2 aromatic heterocycles. The van der Waals surface area contributed by atoms with Crippen molar-refractivity contribution < 1.29 is 4.79 Å². The van der Waals surface area contributed by atoms with E-state index < -0.39 is 17.8 Å². The van der Waals surface area contributed by atoms with Crippen LogP contribution in [0.25, 0.3) is 22.2 Å². The number of H-pyrrole nitrogens is 1. The third kappa shape index (κ3) is 2.92. The minimum absolute atomic E-state index is 0.0490. The maximum atomic E-state index is 13.5. The first-order valence-electron chi connectivity index (χ1n) is 10.1. The smallest absolute Gasteiger partial charge is 0.331 e. The Hall–Kier alpha value is -4.18. The van der Waals surface area contributed by atoms with E-state index in [4.69, 9.17) is 0 Å². The van der Waals surface area contributed by atoms with Crippen molar-refractivity contribution in [2.24, 2.45) is 0 Å². The van der Waals surface area contributed by atoms with E-state index in [0.717, 1.165) is 21.0 Å². The van der Waals surface area contributed by atoms with Gasteiger partial charge in [0.2, 0.25) is 0 Å². The lowest BCUT2D eigenvalue weighted by Gasteiger charge is -2.11. The molecular weight excluding hydrogens is 392 g/mol. The van der Waals surface area contributed by atoms with Gasteiger partial charge in [0.25, 0.3) is 5.56 Å². The van der Waals surface area contributed by atoms with Gasteiger partial charge in [-0.1, -0.05) is 48.5 Å². The number of aromatic amines is 1. The number of carbonyl (C=O) groups excluding carboxylic acids is 1. The predicted molar refractivity (Wildman–Crippen MR) is 116 cm³/mol. The van der Waals surface area contributed by atoms with Gasteiger partial charge in [-0.2, -0.15) is 5.26 Å².